The molecule has 0 saturated heterocycles. The summed E-state index contributed by atoms with van der Waals surface area (Å²) in [5, 5.41) is 15.1. The highest BCUT2D eigenvalue weighted by molar-refractivity contribution is 6.26. The fourth-order valence-electron chi connectivity index (χ4n) is 7.09. The number of hydrogen-bond donors (Lipinski definition) is 0. The summed E-state index contributed by atoms with van der Waals surface area (Å²) in [6, 6.07) is 39.0. The van der Waals surface area contributed by atoms with Gasteiger partial charge in [-0.1, -0.05) is 109 Å². The van der Waals surface area contributed by atoms with E-state index in [1.54, 1.807) is 0 Å². The highest BCUT2D eigenvalue weighted by atomic mass is 28.3. The standard InChI is InChI=1S/C40H30O4Si/c41-35(11-3-5-25-13-15-31-19-17-27-7-1-9-29-21-23-33(25)39(31)37(27)29)43-45-44-36(42)12-4-6-26-14-16-32-20-18-28-8-2-10-30-22-24-34(26)40(32)38(28)30/h1-2,7-10,13-24H,3-6,11-12H2. The Morgan fingerprint density at radius 2 is 0.800 bits per heavy atom. The van der Waals surface area contributed by atoms with Crippen LogP contribution in [-0.4, -0.2) is 21.9 Å². The molecule has 0 N–H and O–H groups in total. The summed E-state index contributed by atoms with van der Waals surface area (Å²) < 4.78 is 10.5. The van der Waals surface area contributed by atoms with Gasteiger partial charge in [-0.25, -0.2) is 0 Å². The second kappa shape index (κ2) is 11.5. The molecule has 45 heavy (non-hydrogen) atoms. The van der Waals surface area contributed by atoms with Gasteiger partial charge in [0.25, 0.3) is 11.9 Å². The van der Waals surface area contributed by atoms with E-state index in [1.165, 1.54) is 75.8 Å². The second-order valence-electron chi connectivity index (χ2n) is 11.9. The van der Waals surface area contributed by atoms with Crippen LogP contribution in [0.15, 0.2) is 109 Å². The van der Waals surface area contributed by atoms with Crippen molar-refractivity contribution in [1.29, 1.82) is 0 Å². The summed E-state index contributed by atoms with van der Waals surface area (Å²) in [5.41, 5.74) is 2.46. The van der Waals surface area contributed by atoms with E-state index in [4.69, 9.17) is 8.85 Å². The van der Waals surface area contributed by atoms with Crippen LogP contribution in [0.2, 0.25) is 0 Å². The van der Waals surface area contributed by atoms with Crippen LogP contribution in [0.4, 0.5) is 0 Å². The SMILES string of the molecule is O=C(CCCc1ccc2ccc3cccc4ccc1c2c34)O[Si]OC(=O)CCCc1ccc2ccc3cccc4ccc1c2c34. The van der Waals surface area contributed by atoms with Crippen LogP contribution in [0.25, 0.3) is 64.6 Å². The second-order valence-corrected chi connectivity index (χ2v) is 12.5. The van der Waals surface area contributed by atoms with E-state index >= 15 is 0 Å². The molecule has 4 nitrogen and oxygen atoms in total. The third kappa shape index (κ3) is 5.03. The van der Waals surface area contributed by atoms with Gasteiger partial charge < -0.3 is 8.85 Å². The van der Waals surface area contributed by atoms with Crippen molar-refractivity contribution in [2.45, 2.75) is 38.5 Å². The molecule has 0 bridgehead atoms. The molecule has 8 aromatic rings. The Kier molecular flexibility index (Phi) is 7.03. The lowest BCUT2D eigenvalue weighted by Gasteiger charge is -2.14. The summed E-state index contributed by atoms with van der Waals surface area (Å²) in [7, 11) is -0.610. The van der Waals surface area contributed by atoms with Gasteiger partial charge in [-0.05, 0) is 101 Å². The summed E-state index contributed by atoms with van der Waals surface area (Å²) in [4.78, 5) is 24.8. The smallest absolute Gasteiger partial charge is 0.481 e. The molecular formula is C40H30O4Si. The number of hydrogen-bond acceptors (Lipinski definition) is 4. The molecule has 0 unspecified atom stereocenters. The first kappa shape index (κ1) is 27.5. The van der Waals surface area contributed by atoms with Crippen LogP contribution in [0, 0.1) is 0 Å². The third-order valence-corrected chi connectivity index (χ3v) is 9.82. The van der Waals surface area contributed by atoms with Crippen molar-refractivity contribution in [3.05, 3.63) is 120 Å². The van der Waals surface area contributed by atoms with Gasteiger partial charge in [0.1, 0.15) is 0 Å². The fourth-order valence-corrected chi connectivity index (χ4v) is 7.52. The first-order valence-electron chi connectivity index (χ1n) is 15.6. The molecule has 0 fully saturated rings. The van der Waals surface area contributed by atoms with E-state index < -0.39 is 10.0 Å². The molecule has 0 aliphatic heterocycles. The predicted octanol–water partition coefficient (Wildman–Crippen LogP) is 9.45. The molecule has 0 amide bonds. The molecule has 8 rings (SSSR count). The average Bonchev–Trinajstić information content (AvgIpc) is 3.07. The molecule has 0 aliphatic carbocycles. The van der Waals surface area contributed by atoms with Gasteiger partial charge in [-0.3, -0.25) is 9.59 Å². The minimum absolute atomic E-state index is 0.279. The van der Waals surface area contributed by atoms with Crippen molar-refractivity contribution >= 4 is 86.6 Å². The van der Waals surface area contributed by atoms with Gasteiger partial charge in [0, 0.05) is 12.8 Å². The van der Waals surface area contributed by atoms with Crippen molar-refractivity contribution in [2.75, 3.05) is 0 Å². The highest BCUT2D eigenvalue weighted by Gasteiger charge is 2.15. The first-order valence-corrected chi connectivity index (χ1v) is 16.4. The van der Waals surface area contributed by atoms with Crippen LogP contribution in [0.1, 0.15) is 36.8 Å². The Labute approximate surface area is 263 Å². The Morgan fingerprint density at radius 3 is 1.22 bits per heavy atom. The summed E-state index contributed by atoms with van der Waals surface area (Å²) >= 11 is 0. The molecule has 0 spiro atoms. The van der Waals surface area contributed by atoms with Crippen LogP contribution in [0.5, 0.6) is 0 Å². The third-order valence-electron chi connectivity index (χ3n) is 9.20. The van der Waals surface area contributed by atoms with E-state index in [9.17, 15) is 9.59 Å². The molecule has 218 valence electrons. The largest absolute Gasteiger partial charge is 0.614 e. The van der Waals surface area contributed by atoms with Crippen molar-refractivity contribution < 1.29 is 18.4 Å². The van der Waals surface area contributed by atoms with Crippen molar-refractivity contribution in [3.8, 4) is 0 Å². The van der Waals surface area contributed by atoms with Crippen LogP contribution in [0.3, 0.4) is 0 Å². The molecule has 0 saturated carbocycles. The number of aryl methyl sites for hydroxylation is 2. The normalized spacial score (nSPS) is 11.9. The predicted molar refractivity (Wildman–Crippen MR) is 184 cm³/mol. The zero-order valence-corrected chi connectivity index (χ0v) is 25.8. The maximum Gasteiger partial charge on any atom is 0.614 e. The number of carbonyl (C=O) groups is 2. The highest BCUT2D eigenvalue weighted by Crippen LogP contribution is 2.37. The van der Waals surface area contributed by atoms with Gasteiger partial charge in [-0.15, -0.1) is 0 Å². The lowest BCUT2D eigenvalue weighted by molar-refractivity contribution is -0.139. The maximum absolute atomic E-state index is 12.4. The molecule has 5 heteroatoms. The van der Waals surface area contributed by atoms with E-state index in [0.717, 1.165) is 12.8 Å². The van der Waals surface area contributed by atoms with E-state index in [1.807, 2.05) is 0 Å². The van der Waals surface area contributed by atoms with Gasteiger partial charge in [0.2, 0.25) is 0 Å². The van der Waals surface area contributed by atoms with Gasteiger partial charge >= 0.3 is 10.0 Å². The van der Waals surface area contributed by atoms with E-state index in [-0.39, 0.29) is 24.8 Å². The Hall–Kier alpha value is -5.00. The van der Waals surface area contributed by atoms with E-state index in [0.29, 0.717) is 12.8 Å². The molecule has 0 aliphatic rings. The van der Waals surface area contributed by atoms with Crippen molar-refractivity contribution in [2.24, 2.45) is 0 Å². The molecule has 0 atom stereocenters. The fraction of sp³-hybridized carbons (Fsp3) is 0.150. The summed E-state index contributed by atoms with van der Waals surface area (Å²) in [6.45, 7) is 0. The van der Waals surface area contributed by atoms with Gasteiger partial charge in [-0.2, -0.15) is 0 Å². The number of carbonyl (C=O) groups excluding carboxylic acids is 2. The quantitative estimate of drug-likeness (QED) is 0.116. The first-order chi connectivity index (χ1) is 22.1. The molecule has 8 aromatic carbocycles. The zero-order chi connectivity index (χ0) is 30.3. The number of benzene rings is 8. The average molecular weight is 603 g/mol. The minimum Gasteiger partial charge on any atom is -0.481 e. The lowest BCUT2D eigenvalue weighted by Crippen LogP contribution is -2.16. The van der Waals surface area contributed by atoms with Crippen LogP contribution < -0.4 is 0 Å². The van der Waals surface area contributed by atoms with Gasteiger partial charge in [0.15, 0.2) is 0 Å². The molecular weight excluding hydrogens is 573 g/mol. The monoisotopic (exact) mass is 602 g/mol. The van der Waals surface area contributed by atoms with Crippen LogP contribution >= 0.6 is 0 Å². The summed E-state index contributed by atoms with van der Waals surface area (Å²) in [6.07, 6.45) is 3.44. The minimum atomic E-state index is -0.610. The number of rotatable bonds is 10. The zero-order valence-electron chi connectivity index (χ0n) is 24.8. The van der Waals surface area contributed by atoms with Crippen molar-refractivity contribution in [1.82, 2.24) is 0 Å². The Balaban J connectivity index is 0.824. The topological polar surface area (TPSA) is 52.6 Å². The molecule has 0 aromatic heterocycles. The Morgan fingerprint density at radius 1 is 0.444 bits per heavy atom. The van der Waals surface area contributed by atoms with Crippen molar-refractivity contribution in [3.63, 3.8) is 0 Å². The van der Waals surface area contributed by atoms with E-state index in [2.05, 4.69) is 109 Å². The lowest BCUT2D eigenvalue weighted by atomic mass is 9.90. The molecule has 0 heterocycles. The van der Waals surface area contributed by atoms with Gasteiger partial charge in [0.05, 0.1) is 0 Å². The Bertz CT molecular complexity index is 2160. The maximum atomic E-state index is 12.4. The summed E-state index contributed by atoms with van der Waals surface area (Å²) in [5.74, 6) is -0.681. The molecule has 2 radical (unpaired) electrons. The van der Waals surface area contributed by atoms with Crippen LogP contribution in [-0.2, 0) is 31.3 Å².